The molecule has 0 unspecified atom stereocenters. The third-order valence-corrected chi connectivity index (χ3v) is 4.64. The Labute approximate surface area is 141 Å². The summed E-state index contributed by atoms with van der Waals surface area (Å²) >= 11 is 8.70. The minimum Gasteiger partial charge on any atom is -0.481 e. The number of hydrogen-bond acceptors (Lipinski definition) is 6. The van der Waals surface area contributed by atoms with Gasteiger partial charge in [-0.2, -0.15) is 0 Å². The number of nitrogens with zero attached hydrogens (tertiary/aromatic N) is 2. The van der Waals surface area contributed by atoms with Crippen molar-refractivity contribution in [2.75, 3.05) is 11.1 Å². The highest BCUT2D eigenvalue weighted by Crippen LogP contribution is 2.25. The molecule has 0 bridgehead atoms. The van der Waals surface area contributed by atoms with Gasteiger partial charge in [-0.05, 0) is 25.1 Å². The molecule has 0 aliphatic heterocycles. The van der Waals surface area contributed by atoms with Crippen molar-refractivity contribution in [1.82, 2.24) is 10.2 Å². The standard InChI is InChI=1S/C14H14ClN3O2S2/c1-3-7-21-14-18-17-13(22-14)16-12(19)9(2)20-11-6-4-5-10(15)8-11/h3-6,8-9H,1,7H2,2H3,(H,16,17,19)/t9-/m0/s1. The van der Waals surface area contributed by atoms with Crippen LogP contribution < -0.4 is 10.1 Å². The van der Waals surface area contributed by atoms with E-state index in [1.54, 1.807) is 37.3 Å². The first-order valence-corrected chi connectivity index (χ1v) is 8.57. The second-order valence-corrected chi connectivity index (χ2v) is 6.86. The second-order valence-electron chi connectivity index (χ2n) is 4.18. The largest absolute Gasteiger partial charge is 0.481 e. The molecular weight excluding hydrogens is 342 g/mol. The molecule has 0 aliphatic carbocycles. The lowest BCUT2D eigenvalue weighted by atomic mass is 10.3. The lowest BCUT2D eigenvalue weighted by Crippen LogP contribution is -2.30. The van der Waals surface area contributed by atoms with Gasteiger partial charge in [0.15, 0.2) is 10.4 Å². The Balaban J connectivity index is 1.90. The van der Waals surface area contributed by atoms with E-state index in [0.29, 0.717) is 15.9 Å². The Morgan fingerprint density at radius 2 is 2.41 bits per heavy atom. The van der Waals surface area contributed by atoms with Gasteiger partial charge in [-0.25, -0.2) is 0 Å². The number of carbonyl (C=O) groups is 1. The zero-order valence-corrected chi connectivity index (χ0v) is 14.2. The van der Waals surface area contributed by atoms with E-state index in [1.165, 1.54) is 23.1 Å². The third-order valence-electron chi connectivity index (χ3n) is 2.44. The van der Waals surface area contributed by atoms with Crippen LogP contribution in [0.15, 0.2) is 41.3 Å². The summed E-state index contributed by atoms with van der Waals surface area (Å²) in [5.74, 6) is 0.989. The molecule has 5 nitrogen and oxygen atoms in total. The summed E-state index contributed by atoms with van der Waals surface area (Å²) in [6.45, 7) is 5.30. The van der Waals surface area contributed by atoms with Gasteiger partial charge in [-0.15, -0.1) is 16.8 Å². The Bertz CT molecular complexity index is 663. The molecule has 0 aliphatic rings. The molecule has 1 aromatic heterocycles. The van der Waals surface area contributed by atoms with E-state index in [-0.39, 0.29) is 5.91 Å². The molecular formula is C14H14ClN3O2S2. The molecule has 116 valence electrons. The number of anilines is 1. The van der Waals surface area contributed by atoms with Gasteiger partial charge in [0.1, 0.15) is 5.75 Å². The Hall–Kier alpha value is -1.57. The van der Waals surface area contributed by atoms with E-state index in [2.05, 4.69) is 22.1 Å². The third kappa shape index (κ3) is 5.01. The lowest BCUT2D eigenvalue weighted by molar-refractivity contribution is -0.122. The Kier molecular flexibility index (Phi) is 6.23. The number of hydrogen-bond donors (Lipinski definition) is 1. The summed E-state index contributed by atoms with van der Waals surface area (Å²) in [6.07, 6.45) is 1.11. The fraction of sp³-hybridized carbons (Fsp3) is 0.214. The van der Waals surface area contributed by atoms with E-state index in [9.17, 15) is 4.79 Å². The van der Waals surface area contributed by atoms with Crippen LogP contribution in [-0.4, -0.2) is 28.0 Å². The van der Waals surface area contributed by atoms with Gasteiger partial charge in [0.25, 0.3) is 5.91 Å². The average molecular weight is 356 g/mol. The molecule has 0 saturated heterocycles. The normalized spacial score (nSPS) is 11.7. The highest BCUT2D eigenvalue weighted by molar-refractivity contribution is 8.01. The monoisotopic (exact) mass is 355 g/mol. The summed E-state index contributed by atoms with van der Waals surface area (Å²) in [7, 11) is 0. The van der Waals surface area contributed by atoms with Crippen LogP contribution in [0.25, 0.3) is 0 Å². The number of rotatable bonds is 7. The van der Waals surface area contributed by atoms with Gasteiger partial charge >= 0.3 is 0 Å². The van der Waals surface area contributed by atoms with Crippen molar-refractivity contribution in [1.29, 1.82) is 0 Å². The molecule has 2 aromatic rings. The summed E-state index contributed by atoms with van der Waals surface area (Å²) in [5.41, 5.74) is 0. The Morgan fingerprint density at radius 3 is 3.14 bits per heavy atom. The van der Waals surface area contributed by atoms with E-state index in [4.69, 9.17) is 16.3 Å². The van der Waals surface area contributed by atoms with Crippen molar-refractivity contribution in [3.05, 3.63) is 41.9 Å². The van der Waals surface area contributed by atoms with Crippen LogP contribution in [0.5, 0.6) is 5.75 Å². The van der Waals surface area contributed by atoms with Crippen LogP contribution >= 0.6 is 34.7 Å². The maximum atomic E-state index is 12.1. The lowest BCUT2D eigenvalue weighted by Gasteiger charge is -2.13. The van der Waals surface area contributed by atoms with Crippen LogP contribution in [0.4, 0.5) is 5.13 Å². The molecule has 1 amide bonds. The summed E-state index contributed by atoms with van der Waals surface area (Å²) in [6, 6.07) is 6.89. The van der Waals surface area contributed by atoms with Crippen molar-refractivity contribution < 1.29 is 9.53 Å². The molecule has 2 rings (SSSR count). The predicted molar refractivity (Wildman–Crippen MR) is 91.0 cm³/mol. The van der Waals surface area contributed by atoms with E-state index in [1.807, 2.05) is 0 Å². The summed E-state index contributed by atoms with van der Waals surface area (Å²) in [4.78, 5) is 12.1. The molecule has 0 fully saturated rings. The molecule has 0 radical (unpaired) electrons. The molecule has 1 heterocycles. The van der Waals surface area contributed by atoms with Gasteiger partial charge in [0.05, 0.1) is 0 Å². The second kappa shape index (κ2) is 8.17. The highest BCUT2D eigenvalue weighted by Gasteiger charge is 2.17. The van der Waals surface area contributed by atoms with Crippen molar-refractivity contribution in [3.63, 3.8) is 0 Å². The van der Waals surface area contributed by atoms with Crippen molar-refractivity contribution in [2.24, 2.45) is 0 Å². The molecule has 8 heteroatoms. The predicted octanol–water partition coefficient (Wildman–Crippen LogP) is 3.88. The van der Waals surface area contributed by atoms with Gasteiger partial charge in [-0.1, -0.05) is 46.8 Å². The number of amides is 1. The minimum absolute atomic E-state index is 0.295. The zero-order valence-electron chi connectivity index (χ0n) is 11.8. The maximum Gasteiger partial charge on any atom is 0.266 e. The van der Waals surface area contributed by atoms with Gasteiger partial charge in [0.2, 0.25) is 5.13 Å². The first-order valence-electron chi connectivity index (χ1n) is 6.39. The number of thioether (sulfide) groups is 1. The Morgan fingerprint density at radius 1 is 1.59 bits per heavy atom. The number of benzene rings is 1. The first kappa shape index (κ1) is 16.8. The maximum absolute atomic E-state index is 12.1. The highest BCUT2D eigenvalue weighted by atomic mass is 35.5. The van der Waals surface area contributed by atoms with Crippen molar-refractivity contribution in [3.8, 4) is 5.75 Å². The number of ether oxygens (including phenoxy) is 1. The molecule has 1 N–H and O–H groups in total. The SMILES string of the molecule is C=CCSc1nnc(NC(=O)[C@H](C)Oc2cccc(Cl)c2)s1. The first-order chi connectivity index (χ1) is 10.6. The summed E-state index contributed by atoms with van der Waals surface area (Å²) in [5, 5.41) is 11.6. The zero-order chi connectivity index (χ0) is 15.9. The van der Waals surface area contributed by atoms with Crippen LogP contribution in [-0.2, 0) is 4.79 Å². The fourth-order valence-corrected chi connectivity index (χ4v) is 3.15. The van der Waals surface area contributed by atoms with Crippen LogP contribution in [0.2, 0.25) is 5.02 Å². The number of nitrogens with one attached hydrogen (secondary N) is 1. The van der Waals surface area contributed by atoms with Crippen LogP contribution in [0.3, 0.4) is 0 Å². The van der Waals surface area contributed by atoms with E-state index < -0.39 is 6.10 Å². The number of aromatic nitrogens is 2. The minimum atomic E-state index is -0.674. The topological polar surface area (TPSA) is 64.1 Å². The van der Waals surface area contributed by atoms with Gasteiger partial charge < -0.3 is 4.74 Å². The smallest absolute Gasteiger partial charge is 0.266 e. The molecule has 0 saturated carbocycles. The summed E-state index contributed by atoms with van der Waals surface area (Å²) < 4.78 is 6.32. The number of halogens is 1. The molecule has 1 aromatic carbocycles. The van der Waals surface area contributed by atoms with Crippen LogP contribution in [0, 0.1) is 0 Å². The van der Waals surface area contributed by atoms with Gasteiger partial charge in [-0.3, -0.25) is 10.1 Å². The van der Waals surface area contributed by atoms with E-state index >= 15 is 0 Å². The quantitative estimate of drug-likeness (QED) is 0.464. The van der Waals surface area contributed by atoms with Gasteiger partial charge in [0, 0.05) is 10.8 Å². The average Bonchev–Trinajstić information content (AvgIpc) is 2.92. The van der Waals surface area contributed by atoms with Crippen molar-refractivity contribution >= 4 is 45.7 Å². The fourth-order valence-electron chi connectivity index (χ4n) is 1.45. The molecule has 1 atom stereocenters. The van der Waals surface area contributed by atoms with E-state index in [0.717, 1.165) is 10.1 Å². The van der Waals surface area contributed by atoms with Crippen LogP contribution in [0.1, 0.15) is 6.92 Å². The number of carbonyl (C=O) groups excluding carboxylic acids is 1. The molecule has 22 heavy (non-hydrogen) atoms. The molecule has 0 spiro atoms. The van der Waals surface area contributed by atoms with Crippen molar-refractivity contribution in [2.45, 2.75) is 17.4 Å².